The van der Waals surface area contributed by atoms with E-state index in [1.54, 1.807) is 7.05 Å². The van der Waals surface area contributed by atoms with Gasteiger partial charge in [0.25, 0.3) is 0 Å². The van der Waals surface area contributed by atoms with E-state index in [-0.39, 0.29) is 5.91 Å². The number of nitrogens with zero attached hydrogens (tertiary/aromatic N) is 1. The summed E-state index contributed by atoms with van der Waals surface area (Å²) in [6.45, 7) is 4.99. The number of carbonyl (C=O) groups is 1. The van der Waals surface area contributed by atoms with E-state index in [0.29, 0.717) is 18.6 Å². The van der Waals surface area contributed by atoms with Crippen molar-refractivity contribution in [3.63, 3.8) is 0 Å². The first-order chi connectivity index (χ1) is 9.19. The van der Waals surface area contributed by atoms with E-state index in [1.807, 2.05) is 0 Å². The van der Waals surface area contributed by atoms with Crippen molar-refractivity contribution in [2.75, 3.05) is 32.4 Å². The van der Waals surface area contributed by atoms with Crippen molar-refractivity contribution in [3.8, 4) is 0 Å². The number of hydrogen-bond acceptors (Lipinski definition) is 4. The molecule has 2 atom stereocenters. The van der Waals surface area contributed by atoms with Gasteiger partial charge in [0, 0.05) is 37.5 Å². The first kappa shape index (κ1) is 15.1. The number of amides is 1. The fourth-order valence-electron chi connectivity index (χ4n) is 2.98. The summed E-state index contributed by atoms with van der Waals surface area (Å²) in [6, 6.07) is 1.33. The van der Waals surface area contributed by atoms with Crippen molar-refractivity contribution in [1.82, 2.24) is 15.5 Å². The summed E-state index contributed by atoms with van der Waals surface area (Å²) < 4.78 is 0. The van der Waals surface area contributed by atoms with Crippen LogP contribution in [0.4, 0.5) is 0 Å². The topological polar surface area (TPSA) is 44.4 Å². The Morgan fingerprint density at radius 1 is 1.32 bits per heavy atom. The molecular formula is C14H27N3OS. The molecular weight excluding hydrogens is 258 g/mol. The van der Waals surface area contributed by atoms with Crippen LogP contribution in [0.2, 0.25) is 0 Å². The van der Waals surface area contributed by atoms with E-state index in [4.69, 9.17) is 0 Å². The van der Waals surface area contributed by atoms with Gasteiger partial charge in [0.2, 0.25) is 5.91 Å². The molecule has 2 aliphatic heterocycles. The Bertz CT molecular complexity index is 292. The highest BCUT2D eigenvalue weighted by Crippen LogP contribution is 2.26. The second-order valence-corrected chi connectivity index (χ2v) is 7.20. The van der Waals surface area contributed by atoms with Crippen LogP contribution in [-0.2, 0) is 4.79 Å². The Kier molecular flexibility index (Phi) is 5.98. The number of piperidine rings is 1. The van der Waals surface area contributed by atoms with Crippen molar-refractivity contribution >= 4 is 17.7 Å². The van der Waals surface area contributed by atoms with Crippen LogP contribution in [-0.4, -0.2) is 60.6 Å². The summed E-state index contributed by atoms with van der Waals surface area (Å²) in [5.74, 6) is 1.45. The van der Waals surface area contributed by atoms with Gasteiger partial charge in [-0.3, -0.25) is 9.69 Å². The minimum atomic E-state index is 0.128. The standard InChI is InChI=1S/C14H27N3OS/c1-11-13(4-3-9-19-11)16-12-5-7-17(8-6-12)10-14(18)15-2/h11-13,16H,3-10H2,1-2H3,(H,15,18). The van der Waals surface area contributed by atoms with E-state index >= 15 is 0 Å². The Balaban J connectivity index is 1.69. The van der Waals surface area contributed by atoms with E-state index in [1.165, 1.54) is 31.4 Å². The van der Waals surface area contributed by atoms with Gasteiger partial charge in [-0.05, 0) is 31.4 Å². The highest BCUT2D eigenvalue weighted by molar-refractivity contribution is 7.99. The lowest BCUT2D eigenvalue weighted by Crippen LogP contribution is -2.50. The molecule has 5 heteroatoms. The van der Waals surface area contributed by atoms with Crippen molar-refractivity contribution in [1.29, 1.82) is 0 Å². The van der Waals surface area contributed by atoms with Gasteiger partial charge in [0.15, 0.2) is 0 Å². The molecule has 0 spiro atoms. The van der Waals surface area contributed by atoms with Gasteiger partial charge in [-0.15, -0.1) is 0 Å². The van der Waals surface area contributed by atoms with Crippen LogP contribution in [0.25, 0.3) is 0 Å². The third kappa shape index (κ3) is 4.65. The second kappa shape index (κ2) is 7.50. The second-order valence-electron chi connectivity index (χ2n) is 5.71. The zero-order chi connectivity index (χ0) is 13.7. The van der Waals surface area contributed by atoms with Crippen LogP contribution in [0.5, 0.6) is 0 Å². The average molecular weight is 285 g/mol. The molecule has 2 fully saturated rings. The normalized spacial score (nSPS) is 30.2. The molecule has 0 saturated carbocycles. The zero-order valence-electron chi connectivity index (χ0n) is 12.2. The molecule has 2 heterocycles. The van der Waals surface area contributed by atoms with Crippen LogP contribution in [0.15, 0.2) is 0 Å². The molecule has 2 N–H and O–H groups in total. The SMILES string of the molecule is CNC(=O)CN1CCC(NC2CCCSC2C)CC1. The number of likely N-dealkylation sites (N-methyl/N-ethyl adjacent to an activating group) is 1. The van der Waals surface area contributed by atoms with E-state index in [0.717, 1.165) is 18.3 Å². The number of hydrogen-bond donors (Lipinski definition) is 2. The highest BCUT2D eigenvalue weighted by atomic mass is 32.2. The monoisotopic (exact) mass is 285 g/mol. The molecule has 0 aromatic heterocycles. The highest BCUT2D eigenvalue weighted by Gasteiger charge is 2.26. The molecule has 110 valence electrons. The number of carbonyl (C=O) groups excluding carboxylic acids is 1. The summed E-state index contributed by atoms with van der Waals surface area (Å²) in [5.41, 5.74) is 0. The molecule has 2 unspecified atom stereocenters. The third-order valence-electron chi connectivity index (χ3n) is 4.29. The Labute approximate surface area is 121 Å². The Morgan fingerprint density at radius 3 is 2.68 bits per heavy atom. The summed E-state index contributed by atoms with van der Waals surface area (Å²) in [4.78, 5) is 13.6. The maximum atomic E-state index is 11.4. The molecule has 0 aliphatic carbocycles. The van der Waals surface area contributed by atoms with Crippen LogP contribution < -0.4 is 10.6 Å². The molecule has 19 heavy (non-hydrogen) atoms. The minimum Gasteiger partial charge on any atom is -0.358 e. The third-order valence-corrected chi connectivity index (χ3v) is 5.67. The van der Waals surface area contributed by atoms with Gasteiger partial charge in [-0.2, -0.15) is 11.8 Å². The summed E-state index contributed by atoms with van der Waals surface area (Å²) in [5, 5.41) is 7.29. The molecule has 0 aromatic carbocycles. The largest absolute Gasteiger partial charge is 0.358 e. The maximum absolute atomic E-state index is 11.4. The van der Waals surface area contributed by atoms with Crippen LogP contribution in [0, 0.1) is 0 Å². The lowest BCUT2D eigenvalue weighted by atomic mass is 10.0. The predicted molar refractivity (Wildman–Crippen MR) is 81.6 cm³/mol. The molecule has 2 saturated heterocycles. The summed E-state index contributed by atoms with van der Waals surface area (Å²) in [6.07, 6.45) is 5.02. The lowest BCUT2D eigenvalue weighted by molar-refractivity contribution is -0.122. The van der Waals surface area contributed by atoms with Crippen LogP contribution >= 0.6 is 11.8 Å². The van der Waals surface area contributed by atoms with Crippen molar-refractivity contribution in [2.45, 2.75) is 49.9 Å². The Morgan fingerprint density at radius 2 is 2.05 bits per heavy atom. The predicted octanol–water partition coefficient (Wildman–Crippen LogP) is 1.07. The molecule has 0 bridgehead atoms. The fourth-order valence-corrected chi connectivity index (χ4v) is 4.14. The van der Waals surface area contributed by atoms with Crippen LogP contribution in [0.1, 0.15) is 32.6 Å². The van der Waals surface area contributed by atoms with Gasteiger partial charge in [-0.25, -0.2) is 0 Å². The average Bonchev–Trinajstić information content (AvgIpc) is 2.43. The van der Waals surface area contributed by atoms with Gasteiger partial charge in [-0.1, -0.05) is 6.92 Å². The van der Waals surface area contributed by atoms with Crippen molar-refractivity contribution < 1.29 is 4.79 Å². The smallest absolute Gasteiger partial charge is 0.233 e. The first-order valence-electron chi connectivity index (χ1n) is 7.49. The van der Waals surface area contributed by atoms with Gasteiger partial charge < -0.3 is 10.6 Å². The number of rotatable bonds is 4. The fraction of sp³-hybridized carbons (Fsp3) is 0.929. The first-order valence-corrected chi connectivity index (χ1v) is 8.54. The van der Waals surface area contributed by atoms with Gasteiger partial charge >= 0.3 is 0 Å². The number of likely N-dealkylation sites (tertiary alicyclic amines) is 1. The Hall–Kier alpha value is -0.260. The molecule has 0 radical (unpaired) electrons. The van der Waals surface area contributed by atoms with E-state index in [2.05, 4.69) is 34.2 Å². The zero-order valence-corrected chi connectivity index (χ0v) is 13.0. The molecule has 2 rings (SSSR count). The minimum absolute atomic E-state index is 0.128. The number of nitrogens with one attached hydrogen (secondary N) is 2. The van der Waals surface area contributed by atoms with E-state index < -0.39 is 0 Å². The molecule has 0 aromatic rings. The number of thioether (sulfide) groups is 1. The van der Waals surface area contributed by atoms with Crippen LogP contribution in [0.3, 0.4) is 0 Å². The molecule has 2 aliphatic rings. The lowest BCUT2D eigenvalue weighted by Gasteiger charge is -2.37. The van der Waals surface area contributed by atoms with E-state index in [9.17, 15) is 4.79 Å². The molecule has 1 amide bonds. The van der Waals surface area contributed by atoms with Gasteiger partial charge in [0.1, 0.15) is 0 Å². The summed E-state index contributed by atoms with van der Waals surface area (Å²) >= 11 is 2.10. The van der Waals surface area contributed by atoms with Crippen molar-refractivity contribution in [3.05, 3.63) is 0 Å². The molecule has 4 nitrogen and oxygen atoms in total. The summed E-state index contributed by atoms with van der Waals surface area (Å²) in [7, 11) is 1.71. The maximum Gasteiger partial charge on any atom is 0.233 e. The van der Waals surface area contributed by atoms with Gasteiger partial charge in [0.05, 0.1) is 6.54 Å². The van der Waals surface area contributed by atoms with Crippen molar-refractivity contribution in [2.24, 2.45) is 0 Å². The quantitative estimate of drug-likeness (QED) is 0.811.